The van der Waals surface area contributed by atoms with E-state index in [1.165, 1.54) is 7.11 Å². The summed E-state index contributed by atoms with van der Waals surface area (Å²) < 4.78 is 18.4. The predicted molar refractivity (Wildman–Crippen MR) is 125 cm³/mol. The van der Waals surface area contributed by atoms with Gasteiger partial charge in [0.15, 0.2) is 0 Å². The molecule has 0 radical (unpaired) electrons. The Kier molecular flexibility index (Phi) is 8.02. The van der Waals surface area contributed by atoms with Crippen LogP contribution in [-0.2, 0) is 20.8 Å². The number of ether oxygens (including phenoxy) is 3. The van der Waals surface area contributed by atoms with Crippen molar-refractivity contribution in [2.24, 2.45) is 0 Å². The van der Waals surface area contributed by atoms with Crippen LogP contribution >= 0.6 is 0 Å². The summed E-state index contributed by atoms with van der Waals surface area (Å²) >= 11 is 0. The third-order valence-electron chi connectivity index (χ3n) is 5.98. The Labute approximate surface area is 199 Å². The number of hydrogen-bond donors (Lipinski definition) is 2. The topological polar surface area (TPSA) is 107 Å². The molecule has 10 heteroatoms. The Morgan fingerprint density at radius 2 is 2.12 bits per heavy atom. The number of nitrogens with zero attached hydrogens (tertiary/aromatic N) is 3. The van der Waals surface area contributed by atoms with Crippen LogP contribution in [0.5, 0.6) is 11.8 Å². The van der Waals surface area contributed by atoms with Crippen molar-refractivity contribution in [1.29, 1.82) is 0 Å². The maximum Gasteiger partial charge on any atom is 0.406 e. The number of rotatable bonds is 10. The lowest BCUT2D eigenvalue weighted by Gasteiger charge is -2.33. The third-order valence-corrected chi connectivity index (χ3v) is 5.98. The summed E-state index contributed by atoms with van der Waals surface area (Å²) in [6.07, 6.45) is 3.65. The van der Waals surface area contributed by atoms with Gasteiger partial charge in [-0.05, 0) is 38.3 Å². The number of morpholine rings is 1. The summed E-state index contributed by atoms with van der Waals surface area (Å²) in [5.41, 5.74) is 0.760. The summed E-state index contributed by atoms with van der Waals surface area (Å²) in [6.45, 7) is 4.87. The van der Waals surface area contributed by atoms with E-state index in [0.717, 1.165) is 25.1 Å². The number of aromatic nitrogens is 2. The molecule has 0 unspecified atom stereocenters. The SMILES string of the molecule is COC(=O)NCCCn1cc([C@H](C)N(C(=O)[C@H]2CNCCO2)C2CC2)nc1Oc1ccccc1. The quantitative estimate of drug-likeness (QED) is 0.513. The highest BCUT2D eigenvalue weighted by atomic mass is 16.5. The molecule has 1 saturated carbocycles. The van der Waals surface area contributed by atoms with Crippen LogP contribution in [0.1, 0.15) is 37.9 Å². The first-order chi connectivity index (χ1) is 16.6. The van der Waals surface area contributed by atoms with Crippen LogP contribution in [0.25, 0.3) is 0 Å². The summed E-state index contributed by atoms with van der Waals surface area (Å²) in [4.78, 5) is 31.4. The molecular formula is C24H33N5O5. The number of nitrogens with one attached hydrogen (secondary N) is 2. The maximum atomic E-state index is 13.3. The number of carbonyl (C=O) groups excluding carboxylic acids is 2. The van der Waals surface area contributed by atoms with E-state index in [9.17, 15) is 9.59 Å². The first kappa shape index (κ1) is 24.0. The van der Waals surface area contributed by atoms with Crippen LogP contribution < -0.4 is 15.4 Å². The second-order valence-corrected chi connectivity index (χ2v) is 8.54. The second-order valence-electron chi connectivity index (χ2n) is 8.54. The van der Waals surface area contributed by atoms with Crippen LogP contribution in [0, 0.1) is 0 Å². The van der Waals surface area contributed by atoms with Crippen LogP contribution in [0.4, 0.5) is 4.79 Å². The summed E-state index contributed by atoms with van der Waals surface area (Å²) in [5.74, 6) is 0.683. The fraction of sp³-hybridized carbons (Fsp3) is 0.542. The van der Waals surface area contributed by atoms with Gasteiger partial charge in [-0.15, -0.1) is 0 Å². The largest absolute Gasteiger partial charge is 0.453 e. The Bertz CT molecular complexity index is 956. The smallest absolute Gasteiger partial charge is 0.406 e. The number of amides is 2. The molecule has 2 aromatic rings. The van der Waals surface area contributed by atoms with Crippen molar-refractivity contribution in [3.8, 4) is 11.8 Å². The molecule has 2 aliphatic rings. The molecule has 1 aliphatic carbocycles. The molecule has 4 rings (SSSR count). The van der Waals surface area contributed by atoms with E-state index in [4.69, 9.17) is 14.5 Å². The van der Waals surface area contributed by atoms with Gasteiger partial charge in [0.2, 0.25) is 0 Å². The minimum absolute atomic E-state index is 0.00422. The van der Waals surface area contributed by atoms with Crippen molar-refractivity contribution in [1.82, 2.24) is 25.1 Å². The minimum Gasteiger partial charge on any atom is -0.453 e. The van der Waals surface area contributed by atoms with E-state index in [0.29, 0.717) is 44.4 Å². The molecule has 2 heterocycles. The molecule has 2 amide bonds. The molecule has 184 valence electrons. The Balaban J connectivity index is 1.51. The van der Waals surface area contributed by atoms with Crippen molar-refractivity contribution in [2.45, 2.75) is 50.9 Å². The summed E-state index contributed by atoms with van der Waals surface area (Å²) in [7, 11) is 1.34. The van der Waals surface area contributed by atoms with Crippen molar-refractivity contribution in [3.05, 3.63) is 42.2 Å². The van der Waals surface area contributed by atoms with E-state index >= 15 is 0 Å². The van der Waals surface area contributed by atoms with Gasteiger partial charge in [-0.3, -0.25) is 4.79 Å². The van der Waals surface area contributed by atoms with Gasteiger partial charge < -0.3 is 34.3 Å². The van der Waals surface area contributed by atoms with Gasteiger partial charge >= 0.3 is 12.1 Å². The molecule has 0 spiro atoms. The molecule has 10 nitrogen and oxygen atoms in total. The van der Waals surface area contributed by atoms with Crippen LogP contribution in [-0.4, -0.2) is 71.9 Å². The van der Waals surface area contributed by atoms with Gasteiger partial charge in [-0.25, -0.2) is 4.79 Å². The zero-order valence-electron chi connectivity index (χ0n) is 19.7. The Hall–Kier alpha value is -3.11. The lowest BCUT2D eigenvalue weighted by molar-refractivity contribution is -0.148. The highest BCUT2D eigenvalue weighted by molar-refractivity contribution is 5.82. The molecule has 0 bridgehead atoms. The van der Waals surface area contributed by atoms with Gasteiger partial charge in [0, 0.05) is 38.4 Å². The molecule has 34 heavy (non-hydrogen) atoms. The number of carbonyl (C=O) groups is 2. The van der Waals surface area contributed by atoms with Gasteiger partial charge in [0.1, 0.15) is 11.9 Å². The monoisotopic (exact) mass is 471 g/mol. The summed E-state index contributed by atoms with van der Waals surface area (Å²) in [6, 6.07) is 9.90. The van der Waals surface area contributed by atoms with Gasteiger partial charge in [0.25, 0.3) is 5.91 Å². The van der Waals surface area contributed by atoms with E-state index in [-0.39, 0.29) is 18.0 Å². The highest BCUT2D eigenvalue weighted by Crippen LogP contribution is 2.36. The van der Waals surface area contributed by atoms with Crippen molar-refractivity contribution >= 4 is 12.0 Å². The standard InChI is InChI=1S/C24H33N5O5/c1-17(29(18-9-10-18)22(30)21-15-25-12-14-33-21)20-16-28(13-6-11-26-24(31)32-2)23(27-20)34-19-7-4-3-5-8-19/h3-5,7-8,16-18,21,25H,6,9-15H2,1-2H3,(H,26,31)/t17-,21+/m0/s1. The zero-order chi connectivity index (χ0) is 23.9. The van der Waals surface area contributed by atoms with E-state index in [1.807, 2.05) is 52.9 Å². The van der Waals surface area contributed by atoms with E-state index in [1.54, 1.807) is 0 Å². The normalized spacial score (nSPS) is 18.7. The van der Waals surface area contributed by atoms with Crippen molar-refractivity contribution in [2.75, 3.05) is 33.4 Å². The first-order valence-corrected chi connectivity index (χ1v) is 11.8. The third kappa shape index (κ3) is 6.06. The number of methoxy groups -OCH3 is 1. The molecule has 1 aliphatic heterocycles. The number of hydrogen-bond acceptors (Lipinski definition) is 7. The lowest BCUT2D eigenvalue weighted by atomic mass is 10.1. The predicted octanol–water partition coefficient (Wildman–Crippen LogP) is 2.46. The van der Waals surface area contributed by atoms with Crippen LogP contribution in [0.15, 0.2) is 36.5 Å². The number of aryl methyl sites for hydroxylation is 1. The zero-order valence-corrected chi connectivity index (χ0v) is 19.7. The minimum atomic E-state index is -0.469. The average Bonchev–Trinajstić information content (AvgIpc) is 3.63. The average molecular weight is 472 g/mol. The Morgan fingerprint density at radius 3 is 2.79 bits per heavy atom. The molecule has 2 N–H and O–H groups in total. The fourth-order valence-electron chi connectivity index (χ4n) is 4.04. The first-order valence-electron chi connectivity index (χ1n) is 11.8. The molecule has 1 saturated heterocycles. The molecular weight excluding hydrogens is 438 g/mol. The Morgan fingerprint density at radius 1 is 1.32 bits per heavy atom. The molecule has 2 atom stereocenters. The van der Waals surface area contributed by atoms with E-state index in [2.05, 4.69) is 15.4 Å². The second kappa shape index (κ2) is 11.3. The number of benzene rings is 1. The molecule has 2 fully saturated rings. The van der Waals surface area contributed by atoms with Crippen LogP contribution in [0.2, 0.25) is 0 Å². The summed E-state index contributed by atoms with van der Waals surface area (Å²) in [5, 5.41) is 5.92. The number of para-hydroxylation sites is 1. The molecule has 1 aromatic carbocycles. The van der Waals surface area contributed by atoms with Gasteiger partial charge in [-0.2, -0.15) is 4.98 Å². The number of imidazole rings is 1. The van der Waals surface area contributed by atoms with E-state index < -0.39 is 12.2 Å². The highest BCUT2D eigenvalue weighted by Gasteiger charge is 2.40. The maximum absolute atomic E-state index is 13.3. The van der Waals surface area contributed by atoms with Gasteiger partial charge in [-0.1, -0.05) is 18.2 Å². The molecule has 1 aromatic heterocycles. The van der Waals surface area contributed by atoms with Crippen molar-refractivity contribution in [3.63, 3.8) is 0 Å². The lowest BCUT2D eigenvalue weighted by Crippen LogP contribution is -2.50. The van der Waals surface area contributed by atoms with Crippen LogP contribution in [0.3, 0.4) is 0 Å². The number of alkyl carbamates (subject to hydrolysis) is 1. The fourth-order valence-corrected chi connectivity index (χ4v) is 4.04. The van der Waals surface area contributed by atoms with Gasteiger partial charge in [0.05, 0.1) is 25.5 Å². The van der Waals surface area contributed by atoms with Crippen molar-refractivity contribution < 1.29 is 23.8 Å².